The molecule has 2 fully saturated rings. The fraction of sp³-hybridized carbons (Fsp3) is 0.290. The first kappa shape index (κ1) is 23.6. The number of hydrogen-bond donors (Lipinski definition) is 0. The number of hydrogen-bond acceptors (Lipinski definition) is 5. The van der Waals surface area contributed by atoms with Crippen molar-refractivity contribution in [2.75, 3.05) is 36.1 Å². The van der Waals surface area contributed by atoms with E-state index in [1.165, 1.54) is 28.4 Å². The van der Waals surface area contributed by atoms with Crippen molar-refractivity contribution < 1.29 is 4.39 Å². The summed E-state index contributed by atoms with van der Waals surface area (Å²) in [5, 5.41) is 0. The molecule has 0 saturated carbocycles. The molecule has 0 N–H and O–H groups in total. The Labute approximate surface area is 218 Å². The summed E-state index contributed by atoms with van der Waals surface area (Å²) in [5.74, 6) is 0.291. The first-order valence-corrected chi connectivity index (χ1v) is 13.0. The Morgan fingerprint density at radius 1 is 0.838 bits per heavy atom. The van der Waals surface area contributed by atoms with Crippen LogP contribution in [0.4, 0.5) is 15.9 Å². The SMILES string of the molecule is Cc1cccnc1CN1CCC2(CC1)CN(c1ccc(-c3ccccc3)cc1)CN2c1cccc(F)n1. The van der Waals surface area contributed by atoms with E-state index in [0.29, 0.717) is 6.67 Å². The number of nitrogens with zero attached hydrogens (tertiary/aromatic N) is 5. The Bertz CT molecular complexity index is 1350. The molecule has 4 heterocycles. The molecule has 2 aliphatic heterocycles. The van der Waals surface area contributed by atoms with E-state index in [0.717, 1.165) is 50.5 Å². The Kier molecular flexibility index (Phi) is 6.35. The lowest BCUT2D eigenvalue weighted by molar-refractivity contribution is 0.161. The number of aromatic nitrogens is 2. The van der Waals surface area contributed by atoms with Gasteiger partial charge in [0.25, 0.3) is 0 Å². The highest BCUT2D eigenvalue weighted by atomic mass is 19.1. The fourth-order valence-electron chi connectivity index (χ4n) is 5.79. The second kappa shape index (κ2) is 9.94. The van der Waals surface area contributed by atoms with E-state index in [1.807, 2.05) is 24.4 Å². The third-order valence-corrected chi connectivity index (χ3v) is 7.96. The van der Waals surface area contributed by atoms with Crippen LogP contribution >= 0.6 is 0 Å². The Morgan fingerprint density at radius 2 is 1.59 bits per heavy atom. The van der Waals surface area contributed by atoms with E-state index in [2.05, 4.69) is 86.2 Å². The summed E-state index contributed by atoms with van der Waals surface area (Å²) < 4.78 is 14.2. The van der Waals surface area contributed by atoms with E-state index >= 15 is 0 Å². The highest BCUT2D eigenvalue weighted by Crippen LogP contribution is 2.40. The maximum atomic E-state index is 14.2. The fourth-order valence-corrected chi connectivity index (χ4v) is 5.79. The monoisotopic (exact) mass is 493 g/mol. The number of halogens is 1. The number of anilines is 2. The van der Waals surface area contributed by atoms with Gasteiger partial charge in [-0.2, -0.15) is 4.39 Å². The molecule has 2 aromatic carbocycles. The van der Waals surface area contributed by atoms with Crippen LogP contribution in [0.15, 0.2) is 91.1 Å². The molecule has 2 aromatic heterocycles. The number of aryl methyl sites for hydroxylation is 1. The molecular weight excluding hydrogens is 461 g/mol. The van der Waals surface area contributed by atoms with Crippen molar-refractivity contribution in [3.63, 3.8) is 0 Å². The van der Waals surface area contributed by atoms with Crippen molar-refractivity contribution >= 4 is 11.5 Å². The molecular formula is C31H32FN5. The van der Waals surface area contributed by atoms with Crippen LogP contribution in [-0.4, -0.2) is 46.7 Å². The van der Waals surface area contributed by atoms with Gasteiger partial charge in [-0.05, 0) is 66.8 Å². The minimum absolute atomic E-state index is 0.0887. The van der Waals surface area contributed by atoms with Crippen molar-refractivity contribution in [3.8, 4) is 11.1 Å². The van der Waals surface area contributed by atoms with Crippen LogP contribution in [0.25, 0.3) is 11.1 Å². The summed E-state index contributed by atoms with van der Waals surface area (Å²) in [5.41, 5.74) is 5.90. The zero-order valence-electron chi connectivity index (χ0n) is 21.2. The van der Waals surface area contributed by atoms with Crippen LogP contribution < -0.4 is 9.80 Å². The van der Waals surface area contributed by atoms with Crippen molar-refractivity contribution in [2.24, 2.45) is 0 Å². The molecule has 2 saturated heterocycles. The van der Waals surface area contributed by atoms with E-state index < -0.39 is 5.95 Å². The molecule has 0 amide bonds. The Balaban J connectivity index is 1.24. The van der Waals surface area contributed by atoms with Crippen LogP contribution in [0.2, 0.25) is 0 Å². The smallest absolute Gasteiger partial charge is 0.214 e. The largest absolute Gasteiger partial charge is 0.351 e. The number of rotatable bonds is 5. The molecule has 0 aliphatic carbocycles. The van der Waals surface area contributed by atoms with Gasteiger partial charge in [-0.15, -0.1) is 0 Å². The first-order chi connectivity index (χ1) is 18.1. The molecule has 0 radical (unpaired) electrons. The minimum Gasteiger partial charge on any atom is -0.351 e. The van der Waals surface area contributed by atoms with Gasteiger partial charge < -0.3 is 9.80 Å². The number of piperidine rings is 1. The van der Waals surface area contributed by atoms with Crippen molar-refractivity contribution in [1.29, 1.82) is 0 Å². The summed E-state index contributed by atoms with van der Waals surface area (Å²) in [4.78, 5) is 16.1. The molecule has 0 atom stereocenters. The maximum absolute atomic E-state index is 14.2. The Morgan fingerprint density at radius 3 is 2.32 bits per heavy atom. The average molecular weight is 494 g/mol. The number of likely N-dealkylation sites (tertiary alicyclic amines) is 1. The summed E-state index contributed by atoms with van der Waals surface area (Å²) >= 11 is 0. The highest BCUT2D eigenvalue weighted by Gasteiger charge is 2.47. The van der Waals surface area contributed by atoms with Crippen LogP contribution in [0.5, 0.6) is 0 Å². The van der Waals surface area contributed by atoms with Crippen LogP contribution in [0, 0.1) is 12.9 Å². The maximum Gasteiger partial charge on any atom is 0.214 e. The zero-order valence-corrected chi connectivity index (χ0v) is 21.2. The third-order valence-electron chi connectivity index (χ3n) is 7.96. The quantitative estimate of drug-likeness (QED) is 0.323. The van der Waals surface area contributed by atoms with Gasteiger partial charge in [0.15, 0.2) is 0 Å². The molecule has 5 nitrogen and oxygen atoms in total. The van der Waals surface area contributed by atoms with E-state index in [1.54, 1.807) is 6.07 Å². The Hall–Kier alpha value is -3.77. The standard InChI is InChI=1S/C31H32FN5/c1-24-7-6-18-33-28(24)21-35-19-16-31(17-20-35)22-36(23-37(31)30-11-5-10-29(32)34-30)27-14-12-26(13-15-27)25-8-3-2-4-9-25/h2-15,18H,16-17,19-23H2,1H3. The predicted octanol–water partition coefficient (Wildman–Crippen LogP) is 5.91. The van der Waals surface area contributed by atoms with Crippen LogP contribution in [0.3, 0.4) is 0 Å². The second-order valence-electron chi connectivity index (χ2n) is 10.3. The van der Waals surface area contributed by atoms with Gasteiger partial charge in [0, 0.05) is 38.1 Å². The lowest BCUT2D eigenvalue weighted by Crippen LogP contribution is -2.54. The van der Waals surface area contributed by atoms with Crippen molar-refractivity contribution in [2.45, 2.75) is 31.8 Å². The molecule has 2 aliphatic rings. The summed E-state index contributed by atoms with van der Waals surface area (Å²) in [7, 11) is 0. The van der Waals surface area contributed by atoms with Crippen molar-refractivity contribution in [1.82, 2.24) is 14.9 Å². The predicted molar refractivity (Wildman–Crippen MR) is 147 cm³/mol. The molecule has 1 spiro atoms. The zero-order chi connectivity index (χ0) is 25.2. The molecule has 0 unspecified atom stereocenters. The molecule has 188 valence electrons. The van der Waals surface area contributed by atoms with Gasteiger partial charge >= 0.3 is 0 Å². The second-order valence-corrected chi connectivity index (χ2v) is 10.3. The third kappa shape index (κ3) is 4.81. The minimum atomic E-state index is -0.429. The van der Waals surface area contributed by atoms with Gasteiger partial charge in [-0.1, -0.05) is 54.6 Å². The van der Waals surface area contributed by atoms with Crippen LogP contribution in [0.1, 0.15) is 24.1 Å². The average Bonchev–Trinajstić information content (AvgIpc) is 3.31. The summed E-state index contributed by atoms with van der Waals surface area (Å²) in [6.45, 7) is 6.53. The van der Waals surface area contributed by atoms with Gasteiger partial charge in [0.2, 0.25) is 5.95 Å². The number of benzene rings is 2. The van der Waals surface area contributed by atoms with Gasteiger partial charge in [0.05, 0.1) is 17.9 Å². The lowest BCUT2D eigenvalue weighted by atomic mass is 9.86. The molecule has 6 rings (SSSR count). The lowest BCUT2D eigenvalue weighted by Gasteiger charge is -2.44. The molecule has 0 bridgehead atoms. The molecule has 6 heteroatoms. The first-order valence-electron chi connectivity index (χ1n) is 13.0. The molecule has 37 heavy (non-hydrogen) atoms. The normalized spacial score (nSPS) is 17.5. The summed E-state index contributed by atoms with van der Waals surface area (Å²) in [6, 6.07) is 28.5. The van der Waals surface area contributed by atoms with E-state index in [-0.39, 0.29) is 5.54 Å². The van der Waals surface area contributed by atoms with Crippen LogP contribution in [-0.2, 0) is 6.54 Å². The van der Waals surface area contributed by atoms with E-state index in [4.69, 9.17) is 0 Å². The summed E-state index contributed by atoms with van der Waals surface area (Å²) in [6.07, 6.45) is 3.87. The highest BCUT2D eigenvalue weighted by molar-refractivity contribution is 5.67. The van der Waals surface area contributed by atoms with E-state index in [9.17, 15) is 4.39 Å². The van der Waals surface area contributed by atoms with Gasteiger partial charge in [0.1, 0.15) is 5.82 Å². The van der Waals surface area contributed by atoms with Crippen molar-refractivity contribution in [3.05, 3.63) is 108 Å². The topological polar surface area (TPSA) is 35.5 Å². The van der Waals surface area contributed by atoms with Gasteiger partial charge in [-0.25, -0.2) is 4.98 Å². The van der Waals surface area contributed by atoms with Gasteiger partial charge in [-0.3, -0.25) is 9.88 Å². The molecule has 4 aromatic rings. The number of pyridine rings is 2.